The van der Waals surface area contributed by atoms with Crippen LogP contribution < -0.4 is 5.32 Å². The summed E-state index contributed by atoms with van der Waals surface area (Å²) in [4.78, 5) is 13.3. The fourth-order valence-electron chi connectivity index (χ4n) is 9.57. The fraction of sp³-hybridized carbons (Fsp3) is 0.942. The average molecular weight is 1060 g/mol. The number of unbranched alkanes of at least 4 members (excludes halogenated alkanes) is 23. The average Bonchev–Trinajstić information content (AvgIpc) is 3.37. The largest absolute Gasteiger partial charge is 0.394 e. The maximum atomic E-state index is 13.3. The Hall–Kier alpha value is -1.04. The van der Waals surface area contributed by atoms with E-state index in [9.17, 15) is 55.9 Å². The summed E-state index contributed by atoms with van der Waals surface area (Å²) in [7, 11) is 1.98. The summed E-state index contributed by atoms with van der Waals surface area (Å²) in [5.41, 5.74) is 0. The van der Waals surface area contributed by atoms with Crippen molar-refractivity contribution in [2.24, 2.45) is 0 Å². The Balaban J connectivity index is 1.57. The van der Waals surface area contributed by atoms with E-state index in [4.69, 9.17) is 32.9 Å². The molecule has 0 bridgehead atoms. The number of aliphatic hydroxyl groups excluding tert-OH is 10. The molecule has 19 nitrogen and oxygen atoms in total. The Bertz CT molecular complexity index is 1390. The van der Waals surface area contributed by atoms with Gasteiger partial charge in [-0.15, -0.1) is 0 Å². The molecule has 72 heavy (non-hydrogen) atoms. The molecule has 3 fully saturated rings. The fourth-order valence-corrected chi connectivity index (χ4v) is 9.76. The molecule has 11 N–H and O–H groups in total. The molecule has 1 amide bonds. The second-order valence-corrected chi connectivity index (χ2v) is 20.5. The smallest absolute Gasteiger partial charge is 0.220 e. The van der Waals surface area contributed by atoms with Gasteiger partial charge in [0, 0.05) is 15.9 Å². The molecule has 0 radical (unpaired) electrons. The number of hydrogen-bond acceptors (Lipinski definition) is 18. The molecule has 0 aliphatic carbocycles. The molecule has 0 aromatic carbocycles. The maximum Gasteiger partial charge on any atom is 0.220 e. The standard InChI is InChI=1S/C52H98NO18P/c1-3-5-7-9-11-13-15-17-19-21-23-25-27-29-36(56)35(53-40(57)30-28-26-24-22-20-18-16-14-12-10-8-6-4-2)33-65-50-46(63)43(60)48(38(32-55)68-50)70-52-47(64)44(61)49(39(69-52)34-66-72)71-51-45(62)42(59)41(58)37(31-54)67-51/h27,29,35-39,41-52,54-56,58-64H,3-26,28,30-34,72H2,1-2H3,(H,53,57)/t35-,36+,37?,38?,39?,41-,42-,43+,44+,45?,46?,47?,48+,49-,50+,51+,52-/m0/s1. The van der Waals surface area contributed by atoms with Crippen LogP contribution in [0.3, 0.4) is 0 Å². The van der Waals surface area contributed by atoms with Gasteiger partial charge in [-0.3, -0.25) is 4.79 Å². The lowest BCUT2D eigenvalue weighted by Crippen LogP contribution is -2.66. The van der Waals surface area contributed by atoms with E-state index in [1.54, 1.807) is 6.08 Å². The quantitative estimate of drug-likeness (QED) is 0.0236. The van der Waals surface area contributed by atoms with Crippen LogP contribution in [0.1, 0.15) is 181 Å². The molecular formula is C52H98NO18P. The number of rotatable bonds is 40. The van der Waals surface area contributed by atoms with Gasteiger partial charge >= 0.3 is 0 Å². The minimum absolute atomic E-state index is 0.255. The van der Waals surface area contributed by atoms with E-state index in [2.05, 4.69) is 19.2 Å². The van der Waals surface area contributed by atoms with Gasteiger partial charge in [-0.05, 0) is 19.3 Å². The summed E-state index contributed by atoms with van der Waals surface area (Å²) in [5.74, 6) is -0.268. The number of hydrogen-bond donors (Lipinski definition) is 11. The van der Waals surface area contributed by atoms with Gasteiger partial charge in [0.25, 0.3) is 0 Å². The lowest BCUT2D eigenvalue weighted by atomic mass is 9.96. The first-order chi connectivity index (χ1) is 34.8. The van der Waals surface area contributed by atoms with Crippen molar-refractivity contribution in [3.05, 3.63) is 12.2 Å². The van der Waals surface area contributed by atoms with Gasteiger partial charge in [-0.2, -0.15) is 0 Å². The zero-order chi connectivity index (χ0) is 52.7. The Labute approximate surface area is 432 Å². The molecule has 3 saturated heterocycles. The maximum absolute atomic E-state index is 13.3. The SMILES string of the molecule is CCCCCCCCCCCCCC=C[C@@H](O)[C@H](CO[C@@H]1OC(CO)[C@@H](O[C@@H]2OC(COP)[C@H](O[C@H]3OC(CO)[C@H](O)[C@H](O)C3O)[C@H](O)C2O)[C@H](O)C1O)NC(=O)CCCCCCCCCCCCCCC. The third-order valence-corrected chi connectivity index (χ3v) is 14.4. The highest BCUT2D eigenvalue weighted by Gasteiger charge is 2.53. The normalized spacial score (nSPS) is 32.0. The van der Waals surface area contributed by atoms with Gasteiger partial charge in [0.05, 0.1) is 38.6 Å². The highest BCUT2D eigenvalue weighted by atomic mass is 31.0. The lowest BCUT2D eigenvalue weighted by Gasteiger charge is -2.48. The van der Waals surface area contributed by atoms with E-state index in [-0.39, 0.29) is 25.5 Å². The zero-order valence-corrected chi connectivity index (χ0v) is 44.7. The molecule has 0 spiro atoms. The van der Waals surface area contributed by atoms with Crippen LogP contribution in [0.15, 0.2) is 12.2 Å². The minimum Gasteiger partial charge on any atom is -0.394 e. The Kier molecular flexibility index (Phi) is 34.9. The highest BCUT2D eigenvalue weighted by molar-refractivity contribution is 7.09. The van der Waals surface area contributed by atoms with Gasteiger partial charge in [0.2, 0.25) is 5.91 Å². The number of ether oxygens (including phenoxy) is 6. The second-order valence-electron chi connectivity index (χ2n) is 20.2. The van der Waals surface area contributed by atoms with Gasteiger partial charge < -0.3 is 89.3 Å². The predicted octanol–water partition coefficient (Wildman–Crippen LogP) is 3.85. The van der Waals surface area contributed by atoms with Crippen molar-refractivity contribution in [2.75, 3.05) is 26.4 Å². The van der Waals surface area contributed by atoms with Crippen LogP contribution in [-0.4, -0.2) is 188 Å². The molecule has 0 aromatic rings. The summed E-state index contributed by atoms with van der Waals surface area (Å²) < 4.78 is 39.9. The summed E-state index contributed by atoms with van der Waals surface area (Å²) in [6.45, 7) is 2.29. The summed E-state index contributed by atoms with van der Waals surface area (Å²) in [6.07, 6.45) is 7.26. The third-order valence-electron chi connectivity index (χ3n) is 14.2. The van der Waals surface area contributed by atoms with Gasteiger partial charge in [-0.25, -0.2) is 0 Å². The van der Waals surface area contributed by atoms with E-state index in [0.29, 0.717) is 6.42 Å². The van der Waals surface area contributed by atoms with Crippen molar-refractivity contribution in [3.8, 4) is 0 Å². The third kappa shape index (κ3) is 23.3. The monoisotopic (exact) mass is 1060 g/mol. The van der Waals surface area contributed by atoms with Crippen LogP contribution in [0.5, 0.6) is 0 Å². The molecule has 7 unspecified atom stereocenters. The molecule has 3 rings (SSSR count). The molecule has 0 saturated carbocycles. The van der Waals surface area contributed by atoms with Gasteiger partial charge in [0.1, 0.15) is 73.2 Å². The van der Waals surface area contributed by atoms with Gasteiger partial charge in [0.15, 0.2) is 18.9 Å². The van der Waals surface area contributed by atoms with Crippen molar-refractivity contribution in [1.29, 1.82) is 0 Å². The molecule has 3 aliphatic rings. The molecule has 3 heterocycles. The molecule has 20 heteroatoms. The first-order valence-corrected chi connectivity index (χ1v) is 28.1. The van der Waals surface area contributed by atoms with Crippen LogP contribution in [-0.2, 0) is 37.7 Å². The van der Waals surface area contributed by atoms with Gasteiger partial charge in [-0.1, -0.05) is 167 Å². The summed E-state index contributed by atoms with van der Waals surface area (Å²) >= 11 is 0. The number of aliphatic hydroxyl groups is 10. The van der Waals surface area contributed by atoms with Crippen molar-refractivity contribution >= 4 is 15.4 Å². The van der Waals surface area contributed by atoms with E-state index >= 15 is 0 Å². The van der Waals surface area contributed by atoms with Crippen LogP contribution in [0.2, 0.25) is 0 Å². The lowest BCUT2D eigenvalue weighted by molar-refractivity contribution is -0.379. The molecule has 18 atom stereocenters. The van der Waals surface area contributed by atoms with E-state index < -0.39 is 117 Å². The molecule has 424 valence electrons. The number of carbonyl (C=O) groups is 1. The number of carbonyl (C=O) groups excluding carboxylic acids is 1. The minimum atomic E-state index is -1.92. The summed E-state index contributed by atoms with van der Waals surface area (Å²) in [5, 5.41) is 110. The van der Waals surface area contributed by atoms with E-state index in [1.165, 1.54) is 109 Å². The van der Waals surface area contributed by atoms with Crippen molar-refractivity contribution in [2.45, 2.75) is 285 Å². The molecule has 0 aromatic heterocycles. The Morgan fingerprint density at radius 1 is 0.542 bits per heavy atom. The van der Waals surface area contributed by atoms with Crippen LogP contribution in [0, 0.1) is 0 Å². The van der Waals surface area contributed by atoms with Crippen LogP contribution in [0.25, 0.3) is 0 Å². The first kappa shape index (κ1) is 65.2. The Morgan fingerprint density at radius 3 is 1.44 bits per heavy atom. The second kappa shape index (κ2) is 38.5. The number of nitrogens with one attached hydrogen (secondary N) is 1. The molecule has 3 aliphatic heterocycles. The zero-order valence-electron chi connectivity index (χ0n) is 43.5. The number of allylic oxidation sites excluding steroid dienone is 1. The van der Waals surface area contributed by atoms with E-state index in [1.807, 2.05) is 15.5 Å². The highest BCUT2D eigenvalue weighted by Crippen LogP contribution is 2.33. The van der Waals surface area contributed by atoms with Crippen molar-refractivity contribution in [3.63, 3.8) is 0 Å². The van der Waals surface area contributed by atoms with E-state index in [0.717, 1.165) is 44.9 Å². The number of amides is 1. The van der Waals surface area contributed by atoms with Crippen LogP contribution in [0.4, 0.5) is 0 Å². The van der Waals surface area contributed by atoms with Crippen LogP contribution >= 0.6 is 9.47 Å². The Morgan fingerprint density at radius 2 is 0.958 bits per heavy atom. The summed E-state index contributed by atoms with van der Waals surface area (Å²) in [6, 6.07) is -0.955. The topological polar surface area (TPSA) is 296 Å². The van der Waals surface area contributed by atoms with Crippen molar-refractivity contribution < 1.29 is 88.8 Å². The van der Waals surface area contributed by atoms with Crippen molar-refractivity contribution in [1.82, 2.24) is 5.32 Å². The first-order valence-electron chi connectivity index (χ1n) is 27.7. The molecular weight excluding hydrogens is 958 g/mol. The predicted molar refractivity (Wildman–Crippen MR) is 272 cm³/mol.